The quantitative estimate of drug-likeness (QED) is 0.684. The fourth-order valence-corrected chi connectivity index (χ4v) is 3.13. The molecule has 3 rings (SSSR count). The lowest BCUT2D eigenvalue weighted by Gasteiger charge is -2.03. The first-order chi connectivity index (χ1) is 8.72. The van der Waals surface area contributed by atoms with Crippen LogP contribution in [0.5, 0.6) is 0 Å². The summed E-state index contributed by atoms with van der Waals surface area (Å²) in [7, 11) is 0. The Labute approximate surface area is 109 Å². The molecule has 90 valence electrons. The summed E-state index contributed by atoms with van der Waals surface area (Å²) >= 11 is 1.73. The third kappa shape index (κ3) is 2.09. The molecule has 0 fully saturated rings. The molecular formula is C15H12FNS. The van der Waals surface area contributed by atoms with Crippen LogP contribution in [0.25, 0.3) is 10.1 Å². The molecule has 2 aromatic carbocycles. The van der Waals surface area contributed by atoms with Crippen LogP contribution in [0, 0.1) is 5.82 Å². The Bertz CT molecular complexity index is 670. The zero-order valence-corrected chi connectivity index (χ0v) is 10.5. The molecule has 2 N–H and O–H groups in total. The monoisotopic (exact) mass is 257 g/mol. The van der Waals surface area contributed by atoms with E-state index in [4.69, 9.17) is 5.73 Å². The lowest BCUT2D eigenvalue weighted by Crippen LogP contribution is -1.95. The van der Waals surface area contributed by atoms with E-state index in [2.05, 4.69) is 18.2 Å². The van der Waals surface area contributed by atoms with Gasteiger partial charge in [0.1, 0.15) is 5.82 Å². The van der Waals surface area contributed by atoms with Gasteiger partial charge in [-0.25, -0.2) is 4.39 Å². The van der Waals surface area contributed by atoms with E-state index in [0.717, 1.165) is 5.56 Å². The number of benzene rings is 2. The molecule has 0 aliphatic carbocycles. The van der Waals surface area contributed by atoms with Crippen LogP contribution in [0.15, 0.2) is 48.5 Å². The molecule has 3 heteroatoms. The van der Waals surface area contributed by atoms with Crippen molar-refractivity contribution in [2.24, 2.45) is 0 Å². The summed E-state index contributed by atoms with van der Waals surface area (Å²) in [6, 6.07) is 14.9. The first kappa shape index (κ1) is 11.2. The van der Waals surface area contributed by atoms with Gasteiger partial charge in [-0.05, 0) is 41.3 Å². The van der Waals surface area contributed by atoms with E-state index in [1.54, 1.807) is 17.4 Å². The average molecular weight is 257 g/mol. The maximum Gasteiger partial charge on any atom is 0.123 e. The predicted molar refractivity (Wildman–Crippen MR) is 75.4 cm³/mol. The number of rotatable bonds is 2. The van der Waals surface area contributed by atoms with E-state index < -0.39 is 0 Å². The Hall–Kier alpha value is -1.87. The molecule has 0 aliphatic heterocycles. The van der Waals surface area contributed by atoms with Gasteiger partial charge in [0.25, 0.3) is 0 Å². The van der Waals surface area contributed by atoms with Crippen molar-refractivity contribution >= 4 is 27.1 Å². The molecule has 0 bridgehead atoms. The second kappa shape index (κ2) is 4.42. The summed E-state index contributed by atoms with van der Waals surface area (Å²) < 4.78 is 14.5. The van der Waals surface area contributed by atoms with Crippen LogP contribution in [0.1, 0.15) is 10.4 Å². The zero-order chi connectivity index (χ0) is 12.5. The second-order valence-electron chi connectivity index (χ2n) is 4.27. The van der Waals surface area contributed by atoms with Crippen LogP contribution in [-0.4, -0.2) is 0 Å². The average Bonchev–Trinajstić information content (AvgIpc) is 2.76. The minimum atomic E-state index is -0.236. The Kier molecular flexibility index (Phi) is 2.76. The molecule has 0 radical (unpaired) electrons. The Morgan fingerprint density at radius 2 is 1.89 bits per heavy atom. The highest BCUT2D eigenvalue weighted by Crippen LogP contribution is 2.28. The molecule has 0 amide bonds. The number of hydrogen-bond donors (Lipinski definition) is 1. The van der Waals surface area contributed by atoms with Crippen molar-refractivity contribution in [1.82, 2.24) is 0 Å². The predicted octanol–water partition coefficient (Wildman–Crippen LogP) is 4.21. The molecule has 0 unspecified atom stereocenters. The normalized spacial score (nSPS) is 10.9. The lowest BCUT2D eigenvalue weighted by atomic mass is 10.1. The van der Waals surface area contributed by atoms with Crippen molar-refractivity contribution in [2.45, 2.75) is 6.42 Å². The maximum absolute atomic E-state index is 13.2. The minimum absolute atomic E-state index is 0.236. The van der Waals surface area contributed by atoms with Gasteiger partial charge in [-0.3, -0.25) is 0 Å². The van der Waals surface area contributed by atoms with Gasteiger partial charge in [0.15, 0.2) is 0 Å². The van der Waals surface area contributed by atoms with Crippen LogP contribution < -0.4 is 5.73 Å². The number of fused-ring (bicyclic) bond motifs is 1. The summed E-state index contributed by atoms with van der Waals surface area (Å²) in [6.07, 6.45) is 0.683. The second-order valence-corrected chi connectivity index (χ2v) is 5.44. The van der Waals surface area contributed by atoms with Gasteiger partial charge in [-0.2, -0.15) is 0 Å². The smallest absolute Gasteiger partial charge is 0.123 e. The largest absolute Gasteiger partial charge is 0.398 e. The molecular weight excluding hydrogens is 245 g/mol. The Morgan fingerprint density at radius 1 is 1.06 bits per heavy atom. The van der Waals surface area contributed by atoms with Crippen molar-refractivity contribution in [3.63, 3.8) is 0 Å². The number of anilines is 1. The molecule has 1 aromatic heterocycles. The number of nitrogen functional groups attached to an aromatic ring is 1. The SMILES string of the molecule is Nc1ccc(F)cc1Cc1cc2ccccc2s1. The number of hydrogen-bond acceptors (Lipinski definition) is 2. The first-order valence-corrected chi connectivity index (χ1v) is 6.55. The van der Waals surface area contributed by atoms with Crippen molar-refractivity contribution in [3.8, 4) is 0 Å². The van der Waals surface area contributed by atoms with Gasteiger partial charge >= 0.3 is 0 Å². The van der Waals surface area contributed by atoms with E-state index in [0.29, 0.717) is 12.1 Å². The fourth-order valence-electron chi connectivity index (χ4n) is 2.04. The summed E-state index contributed by atoms with van der Waals surface area (Å²) in [5, 5.41) is 1.23. The first-order valence-electron chi connectivity index (χ1n) is 5.74. The highest BCUT2D eigenvalue weighted by atomic mass is 32.1. The van der Waals surface area contributed by atoms with E-state index in [9.17, 15) is 4.39 Å². The summed E-state index contributed by atoms with van der Waals surface area (Å²) in [4.78, 5) is 1.20. The van der Waals surface area contributed by atoms with Crippen LogP contribution in [0.3, 0.4) is 0 Å². The Balaban J connectivity index is 1.98. The van der Waals surface area contributed by atoms with Crippen LogP contribution in [0.4, 0.5) is 10.1 Å². The van der Waals surface area contributed by atoms with Gasteiger partial charge in [0, 0.05) is 21.7 Å². The minimum Gasteiger partial charge on any atom is -0.398 e. The van der Waals surface area contributed by atoms with Gasteiger partial charge in [0.2, 0.25) is 0 Å². The fraction of sp³-hybridized carbons (Fsp3) is 0.0667. The van der Waals surface area contributed by atoms with Crippen molar-refractivity contribution in [3.05, 3.63) is 64.8 Å². The van der Waals surface area contributed by atoms with E-state index in [1.807, 2.05) is 12.1 Å². The summed E-state index contributed by atoms with van der Waals surface area (Å²) in [6.45, 7) is 0. The third-order valence-electron chi connectivity index (χ3n) is 2.95. The van der Waals surface area contributed by atoms with Gasteiger partial charge in [-0.1, -0.05) is 18.2 Å². The summed E-state index contributed by atoms with van der Waals surface area (Å²) in [5.74, 6) is -0.236. The van der Waals surface area contributed by atoms with Gasteiger partial charge in [0.05, 0.1) is 0 Å². The molecule has 0 saturated heterocycles. The van der Waals surface area contributed by atoms with Crippen molar-refractivity contribution in [1.29, 1.82) is 0 Å². The maximum atomic E-state index is 13.2. The van der Waals surface area contributed by atoms with Gasteiger partial charge < -0.3 is 5.73 Å². The van der Waals surface area contributed by atoms with Crippen LogP contribution in [0.2, 0.25) is 0 Å². The van der Waals surface area contributed by atoms with Crippen molar-refractivity contribution < 1.29 is 4.39 Å². The zero-order valence-electron chi connectivity index (χ0n) is 9.69. The topological polar surface area (TPSA) is 26.0 Å². The highest BCUT2D eigenvalue weighted by molar-refractivity contribution is 7.19. The van der Waals surface area contributed by atoms with Crippen LogP contribution in [-0.2, 0) is 6.42 Å². The number of nitrogens with two attached hydrogens (primary N) is 1. The molecule has 0 spiro atoms. The van der Waals surface area contributed by atoms with Crippen LogP contribution >= 0.6 is 11.3 Å². The number of thiophene rings is 1. The number of halogens is 1. The molecule has 0 saturated carbocycles. The van der Waals surface area contributed by atoms with E-state index in [-0.39, 0.29) is 5.82 Å². The van der Waals surface area contributed by atoms with E-state index in [1.165, 1.54) is 27.1 Å². The van der Waals surface area contributed by atoms with Crippen molar-refractivity contribution in [2.75, 3.05) is 5.73 Å². The molecule has 1 nitrogen and oxygen atoms in total. The molecule has 3 aromatic rings. The molecule has 0 aliphatic rings. The lowest BCUT2D eigenvalue weighted by molar-refractivity contribution is 0.626. The molecule has 18 heavy (non-hydrogen) atoms. The standard InChI is InChI=1S/C15H12FNS/c16-12-5-6-14(17)11(7-12)9-13-8-10-3-1-2-4-15(10)18-13/h1-8H,9,17H2. The molecule has 1 heterocycles. The summed E-state index contributed by atoms with van der Waals surface area (Å²) in [5.41, 5.74) is 7.37. The molecule has 0 atom stereocenters. The van der Waals surface area contributed by atoms with E-state index >= 15 is 0 Å². The third-order valence-corrected chi connectivity index (χ3v) is 4.06. The Morgan fingerprint density at radius 3 is 2.72 bits per heavy atom. The highest BCUT2D eigenvalue weighted by Gasteiger charge is 2.06. The van der Waals surface area contributed by atoms with Gasteiger partial charge in [-0.15, -0.1) is 11.3 Å².